The fraction of sp³-hybridized carbons (Fsp3) is 0.227. The lowest BCUT2D eigenvalue weighted by Crippen LogP contribution is -2.28. The van der Waals surface area contributed by atoms with Crippen molar-refractivity contribution in [3.05, 3.63) is 81.3 Å². The van der Waals surface area contributed by atoms with Gasteiger partial charge in [0.25, 0.3) is 5.56 Å². The summed E-state index contributed by atoms with van der Waals surface area (Å²) >= 11 is 5.36. The van der Waals surface area contributed by atoms with Crippen molar-refractivity contribution in [1.29, 1.82) is 0 Å². The molecule has 0 saturated carbocycles. The maximum absolute atomic E-state index is 12.9. The fourth-order valence-corrected chi connectivity index (χ4v) is 3.32. The predicted octanol–water partition coefficient (Wildman–Crippen LogP) is 3.81. The number of nitrogens with one attached hydrogen (secondary N) is 2. The normalized spacial score (nSPS) is 11.4. The summed E-state index contributed by atoms with van der Waals surface area (Å²) in [5, 5.41) is 7.65. The van der Waals surface area contributed by atoms with Crippen LogP contribution in [0, 0.1) is 20.8 Å². The van der Waals surface area contributed by atoms with Crippen LogP contribution in [-0.2, 0) is 7.05 Å². The molecule has 0 aliphatic heterocycles. The predicted molar refractivity (Wildman–Crippen MR) is 123 cm³/mol. The Morgan fingerprint density at radius 2 is 1.76 bits per heavy atom. The maximum Gasteiger partial charge on any atom is 0.295 e. The number of anilines is 1. The van der Waals surface area contributed by atoms with Gasteiger partial charge in [0.2, 0.25) is 0 Å². The van der Waals surface area contributed by atoms with Crippen molar-refractivity contribution >= 4 is 28.7 Å². The molecule has 0 unspecified atom stereocenters. The molecule has 3 rings (SSSR count). The van der Waals surface area contributed by atoms with E-state index in [1.165, 1.54) is 5.56 Å². The second kappa shape index (κ2) is 8.45. The van der Waals surface area contributed by atoms with Crippen LogP contribution < -0.4 is 16.3 Å². The summed E-state index contributed by atoms with van der Waals surface area (Å²) in [6, 6.07) is 15.7. The number of hydrogen-bond donors (Lipinski definition) is 2. The number of aromatic nitrogens is 2. The number of hydrazone groups is 1. The third kappa shape index (κ3) is 4.30. The van der Waals surface area contributed by atoms with Gasteiger partial charge >= 0.3 is 0 Å². The summed E-state index contributed by atoms with van der Waals surface area (Å²) in [5.41, 5.74) is 8.86. The van der Waals surface area contributed by atoms with Crippen LogP contribution in [0.3, 0.4) is 0 Å². The molecule has 29 heavy (non-hydrogen) atoms. The average Bonchev–Trinajstić information content (AvgIpc) is 2.92. The number of rotatable bonds is 4. The first kappa shape index (κ1) is 20.5. The van der Waals surface area contributed by atoms with Crippen LogP contribution in [0.25, 0.3) is 5.69 Å². The molecule has 3 aromatic rings. The summed E-state index contributed by atoms with van der Waals surface area (Å²) in [4.78, 5) is 12.9. The first-order valence-corrected chi connectivity index (χ1v) is 9.73. The number of para-hydroxylation sites is 1. The lowest BCUT2D eigenvalue weighted by molar-refractivity contribution is 0.630. The van der Waals surface area contributed by atoms with Crippen LogP contribution in [0.2, 0.25) is 0 Å². The SMILES string of the molecule is C/C(=N/NC(=S)Nc1c(C)n(C)n(-c2ccccc2)c1=O)c1cc(C)ccc1C. The lowest BCUT2D eigenvalue weighted by atomic mass is 10.0. The van der Waals surface area contributed by atoms with E-state index < -0.39 is 0 Å². The monoisotopic (exact) mass is 407 g/mol. The molecule has 0 fully saturated rings. The lowest BCUT2D eigenvalue weighted by Gasteiger charge is -2.09. The Morgan fingerprint density at radius 3 is 2.45 bits per heavy atom. The Bertz CT molecular complexity index is 1140. The Morgan fingerprint density at radius 1 is 1.07 bits per heavy atom. The Labute approximate surface area is 175 Å². The first-order chi connectivity index (χ1) is 13.8. The summed E-state index contributed by atoms with van der Waals surface area (Å²) in [5.74, 6) is 0. The zero-order chi connectivity index (χ0) is 21.1. The molecule has 0 radical (unpaired) electrons. The smallest absolute Gasteiger partial charge is 0.295 e. The Kier molecular flexibility index (Phi) is 5.98. The number of hydrogen-bond acceptors (Lipinski definition) is 3. The molecular formula is C22H25N5OS. The van der Waals surface area contributed by atoms with Gasteiger partial charge in [-0.25, -0.2) is 4.68 Å². The van der Waals surface area contributed by atoms with E-state index >= 15 is 0 Å². The number of benzene rings is 2. The van der Waals surface area contributed by atoms with Crippen molar-refractivity contribution in [3.63, 3.8) is 0 Å². The van der Waals surface area contributed by atoms with Crippen molar-refractivity contribution in [3.8, 4) is 5.69 Å². The van der Waals surface area contributed by atoms with Crippen molar-refractivity contribution in [1.82, 2.24) is 14.8 Å². The Hall–Kier alpha value is -3.19. The molecule has 0 saturated heterocycles. The highest BCUT2D eigenvalue weighted by molar-refractivity contribution is 7.80. The average molecular weight is 408 g/mol. The quantitative estimate of drug-likeness (QED) is 0.392. The molecule has 0 aliphatic carbocycles. The van der Waals surface area contributed by atoms with E-state index in [9.17, 15) is 4.79 Å². The van der Waals surface area contributed by atoms with Gasteiger partial charge in [-0.05, 0) is 63.7 Å². The molecule has 0 aliphatic rings. The molecule has 2 N–H and O–H groups in total. The van der Waals surface area contributed by atoms with E-state index in [-0.39, 0.29) is 10.7 Å². The fourth-order valence-electron chi connectivity index (χ4n) is 3.17. The van der Waals surface area contributed by atoms with Gasteiger partial charge in [0.05, 0.1) is 17.1 Å². The van der Waals surface area contributed by atoms with Crippen LogP contribution >= 0.6 is 12.2 Å². The van der Waals surface area contributed by atoms with Crippen molar-refractivity contribution in [2.45, 2.75) is 27.7 Å². The van der Waals surface area contributed by atoms with E-state index in [4.69, 9.17) is 12.2 Å². The highest BCUT2D eigenvalue weighted by Gasteiger charge is 2.16. The summed E-state index contributed by atoms with van der Waals surface area (Å²) in [6.45, 7) is 7.89. The van der Waals surface area contributed by atoms with E-state index in [0.717, 1.165) is 28.2 Å². The molecule has 0 spiro atoms. The van der Waals surface area contributed by atoms with E-state index in [1.54, 1.807) is 9.36 Å². The van der Waals surface area contributed by atoms with Gasteiger partial charge in [0.15, 0.2) is 5.11 Å². The minimum atomic E-state index is -0.171. The highest BCUT2D eigenvalue weighted by Crippen LogP contribution is 2.14. The van der Waals surface area contributed by atoms with Crippen LogP contribution in [0.15, 0.2) is 58.4 Å². The second-order valence-electron chi connectivity index (χ2n) is 7.02. The third-order valence-corrected chi connectivity index (χ3v) is 5.09. The second-order valence-corrected chi connectivity index (χ2v) is 7.43. The molecule has 2 aromatic carbocycles. The minimum Gasteiger partial charge on any atom is -0.325 e. The van der Waals surface area contributed by atoms with Crippen molar-refractivity contribution < 1.29 is 0 Å². The molecule has 150 valence electrons. The van der Waals surface area contributed by atoms with E-state index in [1.807, 2.05) is 65.1 Å². The molecule has 1 heterocycles. The van der Waals surface area contributed by atoms with Gasteiger partial charge in [-0.3, -0.25) is 14.9 Å². The number of nitrogens with zero attached hydrogens (tertiary/aromatic N) is 3. The number of thiocarbonyl (C=S) groups is 1. The summed E-state index contributed by atoms with van der Waals surface area (Å²) in [6.07, 6.45) is 0. The van der Waals surface area contributed by atoms with Crippen LogP contribution in [-0.4, -0.2) is 20.2 Å². The molecule has 1 aromatic heterocycles. The summed E-state index contributed by atoms with van der Waals surface area (Å²) < 4.78 is 3.40. The molecule has 7 heteroatoms. The first-order valence-electron chi connectivity index (χ1n) is 9.32. The van der Waals surface area contributed by atoms with Gasteiger partial charge in [-0.1, -0.05) is 35.9 Å². The zero-order valence-corrected chi connectivity index (χ0v) is 18.1. The molecule has 6 nitrogen and oxygen atoms in total. The van der Waals surface area contributed by atoms with E-state index in [0.29, 0.717) is 5.69 Å². The van der Waals surface area contributed by atoms with Crippen molar-refractivity contribution in [2.75, 3.05) is 5.32 Å². The third-order valence-electron chi connectivity index (χ3n) is 4.90. The van der Waals surface area contributed by atoms with Crippen molar-refractivity contribution in [2.24, 2.45) is 12.1 Å². The van der Waals surface area contributed by atoms with Gasteiger partial charge < -0.3 is 5.32 Å². The topological polar surface area (TPSA) is 63.4 Å². The van der Waals surface area contributed by atoms with Crippen LogP contribution in [0.1, 0.15) is 29.3 Å². The largest absolute Gasteiger partial charge is 0.325 e. The summed E-state index contributed by atoms with van der Waals surface area (Å²) in [7, 11) is 1.84. The van der Waals surface area contributed by atoms with Gasteiger partial charge in [-0.15, -0.1) is 0 Å². The van der Waals surface area contributed by atoms with Crippen LogP contribution in [0.4, 0.5) is 5.69 Å². The molecule has 0 bridgehead atoms. The number of aryl methyl sites for hydroxylation is 2. The van der Waals surface area contributed by atoms with Crippen LogP contribution in [0.5, 0.6) is 0 Å². The van der Waals surface area contributed by atoms with Gasteiger partial charge in [0.1, 0.15) is 5.69 Å². The molecule has 0 atom stereocenters. The zero-order valence-electron chi connectivity index (χ0n) is 17.3. The minimum absolute atomic E-state index is 0.171. The van der Waals surface area contributed by atoms with Gasteiger partial charge in [0, 0.05) is 12.6 Å². The Balaban J connectivity index is 1.81. The van der Waals surface area contributed by atoms with E-state index in [2.05, 4.69) is 34.0 Å². The molecule has 0 amide bonds. The highest BCUT2D eigenvalue weighted by atomic mass is 32.1. The standard InChI is InChI=1S/C22H25N5OS/c1-14-11-12-15(2)19(13-14)16(3)24-25-22(29)23-20-17(4)26(5)27(21(20)28)18-9-7-6-8-10-18/h6-13H,1-5H3,(H2,23,25,29)/b24-16-. The van der Waals surface area contributed by atoms with Gasteiger partial charge in [-0.2, -0.15) is 5.10 Å². The maximum atomic E-state index is 12.9. The molecular weight excluding hydrogens is 382 g/mol.